The number of carbonyl (C=O) groups is 4. The first-order valence-corrected chi connectivity index (χ1v) is 9.25. The first-order valence-electron chi connectivity index (χ1n) is 9.25. The molecular weight excluding hydrogens is 370 g/mol. The molecule has 4 atom stereocenters. The number of amides is 3. The summed E-state index contributed by atoms with van der Waals surface area (Å²) in [5.41, 5.74) is 11.2. The van der Waals surface area contributed by atoms with Crippen LogP contribution in [0.4, 0.5) is 0 Å². The predicted molar refractivity (Wildman–Crippen MR) is 102 cm³/mol. The van der Waals surface area contributed by atoms with Gasteiger partial charge in [-0.2, -0.15) is 0 Å². The van der Waals surface area contributed by atoms with Crippen LogP contribution in [-0.2, 0) is 19.2 Å². The van der Waals surface area contributed by atoms with Crippen molar-refractivity contribution in [1.82, 2.24) is 16.0 Å². The summed E-state index contributed by atoms with van der Waals surface area (Å²) < 4.78 is 0. The van der Waals surface area contributed by atoms with Gasteiger partial charge in [0.15, 0.2) is 0 Å². The summed E-state index contributed by atoms with van der Waals surface area (Å²) in [6.45, 7) is 4.53. The predicted octanol–water partition coefficient (Wildman–Crippen LogP) is -2.35. The molecule has 0 aliphatic carbocycles. The van der Waals surface area contributed by atoms with E-state index in [4.69, 9.17) is 16.6 Å². The maximum Gasteiger partial charge on any atom is 0.322 e. The van der Waals surface area contributed by atoms with E-state index in [1.165, 1.54) is 6.92 Å². The third-order valence-electron chi connectivity index (χ3n) is 4.03. The van der Waals surface area contributed by atoms with Crippen LogP contribution in [0.5, 0.6) is 0 Å². The SMILES string of the molecule is CC(C)C(NC(=O)C(NC(=O)C(N)CCCCN)C(C)O)C(=O)NCC(=O)O. The summed E-state index contributed by atoms with van der Waals surface area (Å²) >= 11 is 0. The van der Waals surface area contributed by atoms with E-state index in [0.29, 0.717) is 25.8 Å². The summed E-state index contributed by atoms with van der Waals surface area (Å²) in [4.78, 5) is 47.4. The van der Waals surface area contributed by atoms with Crippen molar-refractivity contribution in [2.45, 2.75) is 64.3 Å². The van der Waals surface area contributed by atoms with Gasteiger partial charge < -0.3 is 37.6 Å². The molecule has 0 rings (SSSR count). The maximum atomic E-state index is 12.5. The van der Waals surface area contributed by atoms with Crippen molar-refractivity contribution >= 4 is 23.7 Å². The lowest BCUT2D eigenvalue weighted by Gasteiger charge is -2.27. The summed E-state index contributed by atoms with van der Waals surface area (Å²) in [6, 6.07) is -3.22. The molecule has 4 unspecified atom stereocenters. The standard InChI is InChI=1S/C17H33N5O6/c1-9(2)13(16(27)20-8-12(24)25)21-17(28)14(10(3)23)22-15(26)11(19)6-4-5-7-18/h9-11,13-14,23H,4-8,18-19H2,1-3H3,(H,20,27)(H,21,28)(H,22,26)(H,24,25). The lowest BCUT2D eigenvalue weighted by atomic mass is 10.0. The number of nitrogens with one attached hydrogen (secondary N) is 3. The number of aliphatic hydroxyl groups excluding tert-OH is 1. The quantitative estimate of drug-likeness (QED) is 0.166. The molecule has 0 spiro atoms. The van der Waals surface area contributed by atoms with Crippen LogP contribution >= 0.6 is 0 Å². The minimum atomic E-state index is -1.32. The summed E-state index contributed by atoms with van der Waals surface area (Å²) in [7, 11) is 0. The molecule has 28 heavy (non-hydrogen) atoms. The summed E-state index contributed by atoms with van der Waals surface area (Å²) in [6.07, 6.45) is 0.497. The van der Waals surface area contributed by atoms with E-state index in [9.17, 15) is 24.3 Å². The fourth-order valence-electron chi connectivity index (χ4n) is 2.36. The number of carbonyl (C=O) groups excluding carboxylic acids is 3. The van der Waals surface area contributed by atoms with Gasteiger partial charge in [-0.3, -0.25) is 19.2 Å². The minimum absolute atomic E-state index is 0.360. The number of rotatable bonds is 13. The first kappa shape index (κ1) is 25.8. The third kappa shape index (κ3) is 9.62. The highest BCUT2D eigenvalue weighted by atomic mass is 16.4. The van der Waals surface area contributed by atoms with Crippen molar-refractivity contribution in [2.24, 2.45) is 17.4 Å². The summed E-state index contributed by atoms with van der Waals surface area (Å²) in [5.74, 6) is -3.64. The Kier molecular flexibility index (Phi) is 12.0. The highest BCUT2D eigenvalue weighted by Crippen LogP contribution is 2.05. The van der Waals surface area contributed by atoms with Crippen molar-refractivity contribution in [3.8, 4) is 0 Å². The van der Waals surface area contributed by atoms with Crippen molar-refractivity contribution in [1.29, 1.82) is 0 Å². The zero-order valence-electron chi connectivity index (χ0n) is 16.6. The molecule has 0 heterocycles. The van der Waals surface area contributed by atoms with Crippen molar-refractivity contribution in [3.05, 3.63) is 0 Å². The van der Waals surface area contributed by atoms with Crippen LogP contribution < -0.4 is 27.4 Å². The van der Waals surface area contributed by atoms with E-state index in [1.807, 2.05) is 0 Å². The molecule has 9 N–H and O–H groups in total. The molecule has 11 heteroatoms. The fourth-order valence-corrected chi connectivity index (χ4v) is 2.36. The Morgan fingerprint density at radius 2 is 1.50 bits per heavy atom. The third-order valence-corrected chi connectivity index (χ3v) is 4.03. The highest BCUT2D eigenvalue weighted by Gasteiger charge is 2.32. The van der Waals surface area contributed by atoms with E-state index in [-0.39, 0.29) is 5.92 Å². The smallest absolute Gasteiger partial charge is 0.322 e. The van der Waals surface area contributed by atoms with Crippen LogP contribution in [0.15, 0.2) is 0 Å². The van der Waals surface area contributed by atoms with Crippen LogP contribution in [-0.4, -0.2) is 71.2 Å². The molecule has 162 valence electrons. The fraction of sp³-hybridized carbons (Fsp3) is 0.765. The molecule has 0 aromatic heterocycles. The topological polar surface area (TPSA) is 197 Å². The Morgan fingerprint density at radius 1 is 0.929 bits per heavy atom. The van der Waals surface area contributed by atoms with E-state index < -0.39 is 54.5 Å². The van der Waals surface area contributed by atoms with Crippen molar-refractivity contribution in [3.63, 3.8) is 0 Å². The molecule has 0 saturated heterocycles. The Labute approximate surface area is 164 Å². The van der Waals surface area contributed by atoms with Gasteiger partial charge in [0.25, 0.3) is 0 Å². The molecule has 3 amide bonds. The van der Waals surface area contributed by atoms with Gasteiger partial charge in [0.1, 0.15) is 18.6 Å². The van der Waals surface area contributed by atoms with Crippen molar-refractivity contribution < 1.29 is 29.4 Å². The zero-order valence-corrected chi connectivity index (χ0v) is 16.6. The van der Waals surface area contributed by atoms with Crippen LogP contribution in [0.2, 0.25) is 0 Å². The van der Waals surface area contributed by atoms with E-state index >= 15 is 0 Å². The van der Waals surface area contributed by atoms with Crippen LogP contribution in [0, 0.1) is 5.92 Å². The van der Waals surface area contributed by atoms with Gasteiger partial charge in [0.2, 0.25) is 17.7 Å². The largest absolute Gasteiger partial charge is 0.480 e. The lowest BCUT2D eigenvalue weighted by Crippen LogP contribution is -2.60. The number of aliphatic carboxylic acids is 1. The Morgan fingerprint density at radius 3 is 1.96 bits per heavy atom. The van der Waals surface area contributed by atoms with Crippen LogP contribution in [0.25, 0.3) is 0 Å². The average Bonchev–Trinajstić information content (AvgIpc) is 2.61. The Hall–Kier alpha value is -2.24. The minimum Gasteiger partial charge on any atom is -0.480 e. The van der Waals surface area contributed by atoms with Gasteiger partial charge >= 0.3 is 5.97 Å². The van der Waals surface area contributed by atoms with E-state index in [1.54, 1.807) is 13.8 Å². The molecule has 11 nitrogen and oxygen atoms in total. The highest BCUT2D eigenvalue weighted by molar-refractivity contribution is 5.94. The number of carboxylic acid groups (broad SMARTS) is 1. The normalized spacial score (nSPS) is 15.2. The molecule has 0 saturated carbocycles. The van der Waals surface area contributed by atoms with E-state index in [2.05, 4.69) is 16.0 Å². The summed E-state index contributed by atoms with van der Waals surface area (Å²) in [5, 5.41) is 25.6. The van der Waals surface area contributed by atoms with Crippen LogP contribution in [0.1, 0.15) is 40.0 Å². The molecule has 0 radical (unpaired) electrons. The second kappa shape index (κ2) is 13.0. The second-order valence-corrected chi connectivity index (χ2v) is 6.96. The molecule has 0 aromatic rings. The van der Waals surface area contributed by atoms with E-state index in [0.717, 1.165) is 0 Å². The second-order valence-electron chi connectivity index (χ2n) is 6.96. The van der Waals surface area contributed by atoms with Gasteiger partial charge in [-0.25, -0.2) is 0 Å². The zero-order chi connectivity index (χ0) is 21.9. The molecular formula is C17H33N5O6. The number of hydrogen-bond acceptors (Lipinski definition) is 7. The van der Waals surface area contributed by atoms with Gasteiger partial charge in [-0.1, -0.05) is 20.3 Å². The lowest BCUT2D eigenvalue weighted by molar-refractivity contribution is -0.139. The van der Waals surface area contributed by atoms with Gasteiger partial charge in [-0.05, 0) is 32.2 Å². The van der Waals surface area contributed by atoms with Gasteiger partial charge in [0, 0.05) is 0 Å². The number of nitrogens with two attached hydrogens (primary N) is 2. The number of aliphatic hydroxyl groups is 1. The molecule has 0 aliphatic rings. The average molecular weight is 403 g/mol. The first-order chi connectivity index (χ1) is 13.0. The maximum absolute atomic E-state index is 12.5. The molecule has 0 aliphatic heterocycles. The molecule has 0 bridgehead atoms. The Bertz CT molecular complexity index is 540. The number of carboxylic acids is 1. The monoisotopic (exact) mass is 403 g/mol. The Balaban J connectivity index is 4.99. The van der Waals surface area contributed by atoms with Gasteiger partial charge in [0.05, 0.1) is 12.1 Å². The van der Waals surface area contributed by atoms with Crippen molar-refractivity contribution in [2.75, 3.05) is 13.1 Å². The number of hydrogen-bond donors (Lipinski definition) is 7. The van der Waals surface area contributed by atoms with Gasteiger partial charge in [-0.15, -0.1) is 0 Å². The van der Waals surface area contributed by atoms with Crippen LogP contribution in [0.3, 0.4) is 0 Å². The molecule has 0 fully saturated rings. The molecule has 0 aromatic carbocycles. The number of unbranched alkanes of at least 4 members (excludes halogenated alkanes) is 1.